The number of halogens is 1. The van der Waals surface area contributed by atoms with Crippen LogP contribution in [0.5, 0.6) is 0 Å². The van der Waals surface area contributed by atoms with E-state index in [4.69, 9.17) is 0 Å². The molecule has 0 bridgehead atoms. The van der Waals surface area contributed by atoms with Gasteiger partial charge in [-0.15, -0.1) is 0 Å². The summed E-state index contributed by atoms with van der Waals surface area (Å²) in [6, 6.07) is 5.33. The molecule has 0 amide bonds. The number of hydrogen-bond acceptors (Lipinski definition) is 2. The summed E-state index contributed by atoms with van der Waals surface area (Å²) in [5, 5.41) is 0. The Labute approximate surface area is 112 Å². The first-order valence-electron chi connectivity index (χ1n) is 6.45. The van der Waals surface area contributed by atoms with Crippen LogP contribution >= 0.6 is 0 Å². The van der Waals surface area contributed by atoms with Crippen LogP contribution in [0.25, 0.3) is 0 Å². The van der Waals surface area contributed by atoms with Gasteiger partial charge in [0.2, 0.25) is 0 Å². The third kappa shape index (κ3) is 2.89. The quantitative estimate of drug-likeness (QED) is 0.772. The lowest BCUT2D eigenvalue weighted by Crippen LogP contribution is -2.18. The van der Waals surface area contributed by atoms with Crippen LogP contribution in [0.15, 0.2) is 36.7 Å². The molecule has 2 rings (SSSR count). The van der Waals surface area contributed by atoms with E-state index in [0.29, 0.717) is 5.56 Å². The van der Waals surface area contributed by atoms with Crippen LogP contribution in [0.3, 0.4) is 0 Å². The highest BCUT2D eigenvalue weighted by Crippen LogP contribution is 2.17. The fraction of sp³-hybridized carbons (Fsp3) is 0.333. The highest BCUT2D eigenvalue weighted by Gasteiger charge is 2.18. The number of benzene rings is 1. The molecule has 1 unspecified atom stereocenters. The van der Waals surface area contributed by atoms with Crippen LogP contribution in [0.2, 0.25) is 0 Å². The van der Waals surface area contributed by atoms with Gasteiger partial charge < -0.3 is 4.57 Å². The van der Waals surface area contributed by atoms with Crippen LogP contribution in [0.4, 0.5) is 4.39 Å². The molecule has 0 radical (unpaired) electrons. The fourth-order valence-corrected chi connectivity index (χ4v) is 2.10. The van der Waals surface area contributed by atoms with E-state index >= 15 is 0 Å². The molecule has 1 heterocycles. The Bertz CT molecular complexity index is 560. The molecule has 0 aliphatic rings. The number of Topliss-reactive ketones (excluding diaryl/α,β-unsaturated/α-hetero) is 1. The van der Waals surface area contributed by atoms with Gasteiger partial charge in [-0.1, -0.05) is 6.92 Å². The van der Waals surface area contributed by atoms with Crippen molar-refractivity contribution in [3.05, 3.63) is 53.9 Å². The van der Waals surface area contributed by atoms with E-state index in [1.54, 1.807) is 6.20 Å². The van der Waals surface area contributed by atoms with Crippen molar-refractivity contribution in [2.75, 3.05) is 0 Å². The predicted molar refractivity (Wildman–Crippen MR) is 71.7 cm³/mol. The van der Waals surface area contributed by atoms with E-state index in [-0.39, 0.29) is 17.6 Å². The van der Waals surface area contributed by atoms with E-state index < -0.39 is 0 Å². The Morgan fingerprint density at radius 3 is 2.68 bits per heavy atom. The van der Waals surface area contributed by atoms with Crippen molar-refractivity contribution < 1.29 is 9.18 Å². The number of aryl methyl sites for hydroxylation is 1. The third-order valence-corrected chi connectivity index (χ3v) is 3.15. The van der Waals surface area contributed by atoms with Crippen molar-refractivity contribution in [2.24, 2.45) is 0 Å². The lowest BCUT2D eigenvalue weighted by atomic mass is 10.1. The monoisotopic (exact) mass is 260 g/mol. The number of rotatable bonds is 5. The Balaban J connectivity index is 2.23. The van der Waals surface area contributed by atoms with Gasteiger partial charge in [-0.25, -0.2) is 9.37 Å². The molecule has 1 aromatic heterocycles. The van der Waals surface area contributed by atoms with E-state index in [1.807, 2.05) is 17.7 Å². The van der Waals surface area contributed by atoms with Gasteiger partial charge in [-0.05, 0) is 37.6 Å². The molecular weight excluding hydrogens is 243 g/mol. The summed E-state index contributed by atoms with van der Waals surface area (Å²) < 4.78 is 14.7. The summed E-state index contributed by atoms with van der Waals surface area (Å²) in [4.78, 5) is 16.6. The molecule has 1 atom stereocenters. The van der Waals surface area contributed by atoms with Gasteiger partial charge >= 0.3 is 0 Å². The Hall–Kier alpha value is -1.97. The summed E-state index contributed by atoms with van der Waals surface area (Å²) in [6.07, 6.45) is 5.35. The lowest BCUT2D eigenvalue weighted by molar-refractivity contribution is 0.0933. The number of nitrogens with zero attached hydrogens (tertiary/aromatic N) is 2. The maximum Gasteiger partial charge on any atom is 0.185 e. The zero-order valence-electron chi connectivity index (χ0n) is 11.1. The second-order valence-electron chi connectivity index (χ2n) is 4.55. The second kappa shape index (κ2) is 5.78. The van der Waals surface area contributed by atoms with Gasteiger partial charge in [0.25, 0.3) is 0 Å². The average Bonchev–Trinajstić information content (AvgIpc) is 2.87. The van der Waals surface area contributed by atoms with Gasteiger partial charge in [0.1, 0.15) is 11.6 Å². The van der Waals surface area contributed by atoms with Crippen molar-refractivity contribution in [2.45, 2.75) is 32.7 Å². The number of carbonyl (C=O) groups is 1. The van der Waals surface area contributed by atoms with Gasteiger partial charge in [0.15, 0.2) is 5.78 Å². The molecule has 0 saturated carbocycles. The number of hydrogen-bond donors (Lipinski definition) is 0. The summed E-state index contributed by atoms with van der Waals surface area (Å²) >= 11 is 0. The first-order chi connectivity index (χ1) is 9.13. The SMILES string of the molecule is CCCc1nccn1C(C)C(=O)c1ccc(F)cc1. The topological polar surface area (TPSA) is 34.9 Å². The molecule has 0 saturated heterocycles. The van der Waals surface area contributed by atoms with Crippen molar-refractivity contribution in [1.29, 1.82) is 0 Å². The Morgan fingerprint density at radius 2 is 2.05 bits per heavy atom. The summed E-state index contributed by atoms with van der Waals surface area (Å²) in [7, 11) is 0. The number of aromatic nitrogens is 2. The molecule has 0 fully saturated rings. The standard InChI is InChI=1S/C15H17FN2O/c1-3-4-14-17-9-10-18(14)11(2)15(19)12-5-7-13(16)8-6-12/h5-11H,3-4H2,1-2H3. The first kappa shape index (κ1) is 13.5. The maximum atomic E-state index is 12.9. The van der Waals surface area contributed by atoms with Crippen LogP contribution in [-0.2, 0) is 6.42 Å². The van der Waals surface area contributed by atoms with Gasteiger partial charge in [0, 0.05) is 24.4 Å². The van der Waals surface area contributed by atoms with E-state index in [0.717, 1.165) is 18.7 Å². The predicted octanol–water partition coefficient (Wildman–Crippen LogP) is 3.42. The Kier molecular flexibility index (Phi) is 4.10. The molecule has 2 aromatic rings. The van der Waals surface area contributed by atoms with E-state index in [2.05, 4.69) is 11.9 Å². The van der Waals surface area contributed by atoms with Crippen molar-refractivity contribution in [3.8, 4) is 0 Å². The third-order valence-electron chi connectivity index (χ3n) is 3.15. The molecule has 1 aromatic carbocycles. The molecule has 0 spiro atoms. The van der Waals surface area contributed by atoms with Crippen LogP contribution in [0.1, 0.15) is 42.5 Å². The molecule has 4 heteroatoms. The molecule has 19 heavy (non-hydrogen) atoms. The fourth-order valence-electron chi connectivity index (χ4n) is 2.10. The molecule has 0 N–H and O–H groups in total. The highest BCUT2D eigenvalue weighted by atomic mass is 19.1. The Morgan fingerprint density at radius 1 is 1.37 bits per heavy atom. The zero-order valence-corrected chi connectivity index (χ0v) is 11.1. The smallest absolute Gasteiger partial charge is 0.185 e. The average molecular weight is 260 g/mol. The number of carbonyl (C=O) groups excluding carboxylic acids is 1. The minimum absolute atomic E-state index is 0.0321. The highest BCUT2D eigenvalue weighted by molar-refractivity contribution is 5.98. The van der Waals surface area contributed by atoms with Gasteiger partial charge in [-0.2, -0.15) is 0 Å². The van der Waals surface area contributed by atoms with Gasteiger partial charge in [-0.3, -0.25) is 4.79 Å². The molecule has 100 valence electrons. The van der Waals surface area contributed by atoms with E-state index in [9.17, 15) is 9.18 Å². The summed E-state index contributed by atoms with van der Waals surface area (Å²) in [5.41, 5.74) is 0.519. The molecule has 3 nitrogen and oxygen atoms in total. The minimum atomic E-state index is -0.335. The van der Waals surface area contributed by atoms with Crippen molar-refractivity contribution in [1.82, 2.24) is 9.55 Å². The van der Waals surface area contributed by atoms with Crippen molar-refractivity contribution in [3.63, 3.8) is 0 Å². The second-order valence-corrected chi connectivity index (χ2v) is 4.55. The molecule has 0 aliphatic heterocycles. The van der Waals surface area contributed by atoms with E-state index in [1.165, 1.54) is 24.3 Å². The van der Waals surface area contributed by atoms with Gasteiger partial charge in [0.05, 0.1) is 6.04 Å². The largest absolute Gasteiger partial charge is 0.324 e. The molecular formula is C15H17FN2O. The van der Waals surface area contributed by atoms with Crippen LogP contribution < -0.4 is 0 Å². The van der Waals surface area contributed by atoms with Crippen molar-refractivity contribution >= 4 is 5.78 Å². The number of ketones is 1. The number of imidazole rings is 1. The normalized spacial score (nSPS) is 12.4. The lowest BCUT2D eigenvalue weighted by Gasteiger charge is -2.15. The summed E-state index contributed by atoms with van der Waals surface area (Å²) in [6.45, 7) is 3.91. The zero-order chi connectivity index (χ0) is 13.8. The van der Waals surface area contributed by atoms with Crippen LogP contribution in [0, 0.1) is 5.82 Å². The molecule has 0 aliphatic carbocycles. The van der Waals surface area contributed by atoms with Crippen LogP contribution in [-0.4, -0.2) is 15.3 Å². The minimum Gasteiger partial charge on any atom is -0.324 e. The summed E-state index contributed by atoms with van der Waals surface area (Å²) in [5.74, 6) is 0.541. The first-order valence-corrected chi connectivity index (χ1v) is 6.45. The maximum absolute atomic E-state index is 12.9.